The molecule has 1 fully saturated rings. The van der Waals surface area contributed by atoms with Crippen LogP contribution in [0.25, 0.3) is 0 Å². The summed E-state index contributed by atoms with van der Waals surface area (Å²) in [4.78, 5) is 24.9. The van der Waals surface area contributed by atoms with E-state index < -0.39 is 34.7 Å². The average Bonchev–Trinajstić information content (AvgIpc) is 2.61. The van der Waals surface area contributed by atoms with E-state index in [-0.39, 0.29) is 0 Å². The van der Waals surface area contributed by atoms with Crippen LogP contribution in [-0.4, -0.2) is 30.3 Å². The molecule has 0 N–H and O–H groups in total. The zero-order chi connectivity index (χ0) is 22.8. The summed E-state index contributed by atoms with van der Waals surface area (Å²) in [6.07, 6.45) is 4.32. The smallest absolute Gasteiger partial charge is 0.294 e. The first-order chi connectivity index (χ1) is 13.2. The summed E-state index contributed by atoms with van der Waals surface area (Å²) in [7, 11) is 0. The monoisotopic (exact) mass is 419 g/mol. The van der Waals surface area contributed by atoms with Crippen molar-refractivity contribution in [2.75, 3.05) is 0 Å². The van der Waals surface area contributed by atoms with Crippen LogP contribution in [0.2, 0.25) is 0 Å². The van der Waals surface area contributed by atoms with Crippen LogP contribution in [0.15, 0.2) is 28.3 Å². The number of rotatable bonds is 6. The van der Waals surface area contributed by atoms with Gasteiger partial charge in [-0.1, -0.05) is 38.7 Å². The molecule has 1 aliphatic rings. The van der Waals surface area contributed by atoms with Gasteiger partial charge in [0.1, 0.15) is 5.67 Å². The van der Waals surface area contributed by atoms with Gasteiger partial charge in [0.15, 0.2) is 5.78 Å². The van der Waals surface area contributed by atoms with Crippen molar-refractivity contribution in [2.45, 2.75) is 85.0 Å². The van der Waals surface area contributed by atoms with E-state index in [9.17, 15) is 27.2 Å². The first-order valence-corrected chi connectivity index (χ1v) is 9.90. The summed E-state index contributed by atoms with van der Waals surface area (Å²) in [5.74, 6) is -0.397. The van der Waals surface area contributed by atoms with E-state index in [4.69, 9.17) is 0 Å². The fourth-order valence-electron chi connectivity index (χ4n) is 3.27. The molecule has 0 spiro atoms. The van der Waals surface area contributed by atoms with E-state index in [1.165, 1.54) is 25.7 Å². The van der Waals surface area contributed by atoms with E-state index in [2.05, 4.69) is 18.6 Å². The Morgan fingerprint density at radius 1 is 1.03 bits per heavy atom. The maximum Gasteiger partial charge on any atom is 0.412 e. The Kier molecular flexibility index (Phi) is 11.3. The molecule has 0 unspecified atom stereocenters. The predicted octanol–water partition coefficient (Wildman–Crippen LogP) is 6.58. The van der Waals surface area contributed by atoms with Crippen molar-refractivity contribution in [3.8, 4) is 0 Å². The highest BCUT2D eigenvalue weighted by Crippen LogP contribution is 2.38. The molecule has 0 aromatic rings. The molecule has 166 valence electrons. The molecule has 0 radical (unpaired) electrons. The lowest BCUT2D eigenvalue weighted by atomic mass is 9.74. The van der Waals surface area contributed by atoms with Gasteiger partial charge in [-0.3, -0.25) is 9.59 Å². The molecule has 1 rings (SSSR count). The van der Waals surface area contributed by atoms with Crippen LogP contribution in [0.1, 0.15) is 73.1 Å². The topological polar surface area (TPSA) is 46.5 Å². The van der Waals surface area contributed by atoms with Gasteiger partial charge in [-0.15, -0.1) is 0 Å². The summed E-state index contributed by atoms with van der Waals surface area (Å²) in [5, 5.41) is 0. The number of nitrogens with zero attached hydrogens (tertiary/aromatic N) is 1. The molecular formula is C22H33F4NO2. The SMILES string of the molecule is C=NC(=O)/C(=C/C=C(\C)C(F)(F)F)C(C)=O.CCCC1CCC(C(C)(C)F)CC1. The largest absolute Gasteiger partial charge is 0.412 e. The molecule has 0 bridgehead atoms. The Bertz CT molecular complexity index is 620. The normalized spacial score (nSPS) is 21.1. The molecule has 7 heteroatoms. The Morgan fingerprint density at radius 2 is 1.55 bits per heavy atom. The molecule has 0 aliphatic heterocycles. The fraction of sp³-hybridized carbons (Fsp3) is 0.682. The number of hydrogen-bond acceptors (Lipinski definition) is 2. The van der Waals surface area contributed by atoms with Crippen molar-refractivity contribution >= 4 is 18.4 Å². The van der Waals surface area contributed by atoms with Gasteiger partial charge in [0.25, 0.3) is 5.91 Å². The van der Waals surface area contributed by atoms with Crippen molar-refractivity contribution in [1.82, 2.24) is 0 Å². The zero-order valence-electron chi connectivity index (χ0n) is 18.0. The van der Waals surface area contributed by atoms with Crippen molar-refractivity contribution in [3.63, 3.8) is 0 Å². The van der Waals surface area contributed by atoms with E-state index in [0.717, 1.165) is 38.7 Å². The lowest BCUT2D eigenvalue weighted by molar-refractivity contribution is -0.119. The van der Waals surface area contributed by atoms with Crippen LogP contribution in [0, 0.1) is 11.8 Å². The number of Topliss-reactive ketones (excluding diaryl/α,β-unsaturated/α-hetero) is 1. The second kappa shape index (κ2) is 12.0. The summed E-state index contributed by atoms with van der Waals surface area (Å²) < 4.78 is 49.8. The van der Waals surface area contributed by atoms with E-state index in [1.54, 1.807) is 13.8 Å². The number of ketones is 1. The molecule has 1 amide bonds. The maximum atomic E-state index is 13.6. The first kappa shape index (κ1) is 27.2. The number of alkyl halides is 4. The Balaban J connectivity index is 0.000000551. The number of allylic oxidation sites excluding steroid dienone is 3. The first-order valence-electron chi connectivity index (χ1n) is 9.90. The van der Waals surface area contributed by atoms with Gasteiger partial charge in [0.2, 0.25) is 0 Å². The van der Waals surface area contributed by atoms with Gasteiger partial charge in [0.05, 0.1) is 5.57 Å². The van der Waals surface area contributed by atoms with E-state index in [0.29, 0.717) is 12.0 Å². The fourth-order valence-corrected chi connectivity index (χ4v) is 3.27. The van der Waals surface area contributed by atoms with Crippen LogP contribution < -0.4 is 0 Å². The van der Waals surface area contributed by atoms with Gasteiger partial charge in [-0.2, -0.15) is 13.2 Å². The molecule has 3 nitrogen and oxygen atoms in total. The third-order valence-electron chi connectivity index (χ3n) is 5.21. The Labute approximate surface area is 171 Å². The quantitative estimate of drug-likeness (QED) is 0.122. The van der Waals surface area contributed by atoms with Crippen molar-refractivity contribution < 1.29 is 27.2 Å². The number of amides is 1. The van der Waals surface area contributed by atoms with Crippen molar-refractivity contribution in [3.05, 3.63) is 23.3 Å². The van der Waals surface area contributed by atoms with Crippen LogP contribution >= 0.6 is 0 Å². The molecule has 0 heterocycles. The third kappa shape index (κ3) is 10.5. The van der Waals surface area contributed by atoms with Crippen LogP contribution in [0.5, 0.6) is 0 Å². The number of carbonyl (C=O) groups is 2. The predicted molar refractivity (Wildman–Crippen MR) is 109 cm³/mol. The average molecular weight is 420 g/mol. The Hall–Kier alpha value is -1.79. The van der Waals surface area contributed by atoms with Gasteiger partial charge in [-0.05, 0) is 65.2 Å². The molecule has 0 atom stereocenters. The zero-order valence-corrected chi connectivity index (χ0v) is 18.0. The second-order valence-electron chi connectivity index (χ2n) is 8.02. The highest BCUT2D eigenvalue weighted by atomic mass is 19.4. The third-order valence-corrected chi connectivity index (χ3v) is 5.21. The van der Waals surface area contributed by atoms with E-state index in [1.807, 2.05) is 0 Å². The minimum Gasteiger partial charge on any atom is -0.294 e. The second-order valence-corrected chi connectivity index (χ2v) is 8.02. The number of halogens is 4. The molecule has 0 aromatic carbocycles. The molecule has 1 aliphatic carbocycles. The standard InChI is InChI=1S/C12H23F.C10H10F3NO2/c1-4-5-10-6-8-11(9-7-10)12(2,3)13;1-6(10(11,12)13)4-5-8(7(2)15)9(16)14-3/h10-11H,4-9H2,1-3H3;4-5H,3H2,1-2H3/b;6-4+,8-5+. The summed E-state index contributed by atoms with van der Waals surface area (Å²) in [6.45, 7) is 10.5. The van der Waals surface area contributed by atoms with Crippen LogP contribution in [-0.2, 0) is 9.59 Å². The van der Waals surface area contributed by atoms with Gasteiger partial charge in [-0.25, -0.2) is 9.38 Å². The highest BCUT2D eigenvalue weighted by Gasteiger charge is 2.32. The van der Waals surface area contributed by atoms with Gasteiger partial charge >= 0.3 is 6.18 Å². The van der Waals surface area contributed by atoms with Gasteiger partial charge < -0.3 is 0 Å². The lowest BCUT2D eigenvalue weighted by Crippen LogP contribution is -2.29. The van der Waals surface area contributed by atoms with E-state index >= 15 is 0 Å². The number of hydrogen-bond donors (Lipinski definition) is 0. The lowest BCUT2D eigenvalue weighted by Gasteiger charge is -2.34. The molecule has 0 aromatic heterocycles. The van der Waals surface area contributed by atoms with Crippen molar-refractivity contribution in [1.29, 1.82) is 0 Å². The Morgan fingerprint density at radius 3 is 1.90 bits per heavy atom. The molecule has 0 saturated heterocycles. The van der Waals surface area contributed by atoms with Gasteiger partial charge in [0, 0.05) is 5.57 Å². The van der Waals surface area contributed by atoms with Crippen LogP contribution in [0.3, 0.4) is 0 Å². The molecule has 1 saturated carbocycles. The minimum absolute atomic E-state index is 0.320. The number of carbonyl (C=O) groups excluding carboxylic acids is 2. The number of aliphatic imine (C=N–C) groups is 1. The highest BCUT2D eigenvalue weighted by molar-refractivity contribution is 6.19. The molecule has 29 heavy (non-hydrogen) atoms. The molecular weight excluding hydrogens is 386 g/mol. The summed E-state index contributed by atoms with van der Waals surface area (Å²) in [6, 6.07) is 0. The summed E-state index contributed by atoms with van der Waals surface area (Å²) >= 11 is 0. The van der Waals surface area contributed by atoms with Crippen molar-refractivity contribution in [2.24, 2.45) is 16.8 Å². The van der Waals surface area contributed by atoms with Crippen LogP contribution in [0.4, 0.5) is 17.6 Å². The minimum atomic E-state index is -4.48. The maximum absolute atomic E-state index is 13.6. The summed E-state index contributed by atoms with van der Waals surface area (Å²) in [5.41, 5.74) is -2.29.